The lowest BCUT2D eigenvalue weighted by atomic mass is 10.2. The molecule has 2 rings (SSSR count). The minimum atomic E-state index is 0.765. The maximum atomic E-state index is 8.74. The number of fused-ring (bicyclic) bond motifs is 1. The van der Waals surface area contributed by atoms with Gasteiger partial charge in [0.05, 0.1) is 0 Å². The normalized spacial score (nSPS) is 10.2. The fourth-order valence-electron chi connectivity index (χ4n) is 1.28. The second kappa shape index (κ2) is 3.13. The van der Waals surface area contributed by atoms with Gasteiger partial charge in [-0.2, -0.15) is 5.26 Å². The maximum absolute atomic E-state index is 8.74. The molecular weight excluding hydrogens is 246 g/mol. The molecule has 0 aliphatic rings. The van der Waals surface area contributed by atoms with Crippen molar-refractivity contribution in [3.63, 3.8) is 0 Å². The average Bonchev–Trinajstić information content (AvgIpc) is 2.47. The van der Waals surface area contributed by atoms with Crippen molar-refractivity contribution in [1.82, 2.24) is 0 Å². The summed E-state index contributed by atoms with van der Waals surface area (Å²) in [4.78, 5) is 0.765. The van der Waals surface area contributed by atoms with E-state index in [4.69, 9.17) is 5.26 Å². The topological polar surface area (TPSA) is 23.8 Å². The third kappa shape index (κ3) is 1.48. The Morgan fingerprint density at radius 2 is 2.15 bits per heavy atom. The number of benzene rings is 1. The number of nitriles is 1. The van der Waals surface area contributed by atoms with Crippen LogP contribution in [0.15, 0.2) is 22.7 Å². The lowest BCUT2D eigenvalue weighted by molar-refractivity contribution is 1.50. The van der Waals surface area contributed by atoms with Crippen LogP contribution >= 0.6 is 27.3 Å². The molecule has 1 heterocycles. The van der Waals surface area contributed by atoms with E-state index in [2.05, 4.69) is 41.1 Å². The summed E-state index contributed by atoms with van der Waals surface area (Å²) in [5.74, 6) is 0. The second-order valence-corrected chi connectivity index (χ2v) is 4.82. The Morgan fingerprint density at radius 1 is 1.38 bits per heavy atom. The van der Waals surface area contributed by atoms with Gasteiger partial charge in [0.25, 0.3) is 0 Å². The summed E-state index contributed by atoms with van der Waals surface area (Å²) >= 11 is 5.02. The Hall–Kier alpha value is -0.850. The van der Waals surface area contributed by atoms with Crippen molar-refractivity contribution in [1.29, 1.82) is 5.26 Å². The first-order valence-corrected chi connectivity index (χ1v) is 5.41. The highest BCUT2D eigenvalue weighted by Gasteiger charge is 2.04. The van der Waals surface area contributed by atoms with Gasteiger partial charge in [-0.3, -0.25) is 0 Å². The van der Waals surface area contributed by atoms with Crippen LogP contribution in [0.5, 0.6) is 0 Å². The molecule has 0 spiro atoms. The molecular formula is C10H6BrNS. The van der Waals surface area contributed by atoms with Crippen LogP contribution in [0, 0.1) is 18.3 Å². The van der Waals surface area contributed by atoms with Crippen molar-refractivity contribution in [2.45, 2.75) is 6.92 Å². The van der Waals surface area contributed by atoms with Gasteiger partial charge in [-0.15, -0.1) is 11.3 Å². The first kappa shape index (κ1) is 8.74. The molecule has 0 radical (unpaired) electrons. The van der Waals surface area contributed by atoms with Crippen LogP contribution in [0.1, 0.15) is 10.4 Å². The van der Waals surface area contributed by atoms with Gasteiger partial charge in [0.2, 0.25) is 0 Å². The summed E-state index contributed by atoms with van der Waals surface area (Å²) in [5, 5.41) is 9.88. The number of nitrogens with zero attached hydrogens (tertiary/aromatic N) is 1. The summed E-state index contributed by atoms with van der Waals surface area (Å²) in [6.45, 7) is 2.05. The number of rotatable bonds is 0. The van der Waals surface area contributed by atoms with Gasteiger partial charge in [0.15, 0.2) is 0 Å². The predicted octanol–water partition coefficient (Wildman–Crippen LogP) is 3.84. The van der Waals surface area contributed by atoms with Gasteiger partial charge in [-0.05, 0) is 30.7 Å². The molecule has 3 heteroatoms. The molecule has 0 unspecified atom stereocenters. The van der Waals surface area contributed by atoms with Crippen LogP contribution in [0.25, 0.3) is 10.1 Å². The Morgan fingerprint density at radius 3 is 2.85 bits per heavy atom. The monoisotopic (exact) mass is 251 g/mol. The van der Waals surface area contributed by atoms with Gasteiger partial charge >= 0.3 is 0 Å². The van der Waals surface area contributed by atoms with E-state index in [-0.39, 0.29) is 0 Å². The lowest BCUT2D eigenvalue weighted by Gasteiger charge is -1.95. The number of halogens is 1. The summed E-state index contributed by atoms with van der Waals surface area (Å²) in [7, 11) is 0. The average molecular weight is 252 g/mol. The fourth-order valence-corrected chi connectivity index (χ4v) is 3.08. The Labute approximate surface area is 88.7 Å². The highest BCUT2D eigenvalue weighted by atomic mass is 79.9. The number of aryl methyl sites for hydroxylation is 1. The summed E-state index contributed by atoms with van der Waals surface area (Å²) in [6, 6.07) is 8.25. The third-order valence-corrected chi connectivity index (χ3v) is 3.48. The fraction of sp³-hybridized carbons (Fsp3) is 0.100. The molecule has 1 aromatic heterocycles. The predicted molar refractivity (Wildman–Crippen MR) is 59.0 cm³/mol. The van der Waals surface area contributed by atoms with Crippen LogP contribution in [-0.2, 0) is 0 Å². The quantitative estimate of drug-likeness (QED) is 0.698. The van der Waals surface area contributed by atoms with Gasteiger partial charge in [-0.1, -0.05) is 15.9 Å². The van der Waals surface area contributed by atoms with Crippen LogP contribution in [0.3, 0.4) is 0 Å². The van der Waals surface area contributed by atoms with E-state index in [0.717, 1.165) is 14.7 Å². The Balaban J connectivity index is 2.84. The molecule has 0 aliphatic heterocycles. The smallest absolute Gasteiger partial charge is 0.110 e. The van der Waals surface area contributed by atoms with E-state index in [1.807, 2.05) is 6.07 Å². The molecule has 2 aromatic rings. The molecule has 0 bridgehead atoms. The molecule has 13 heavy (non-hydrogen) atoms. The molecule has 0 aliphatic carbocycles. The zero-order valence-corrected chi connectivity index (χ0v) is 9.37. The minimum absolute atomic E-state index is 0.765. The molecule has 0 saturated carbocycles. The van der Waals surface area contributed by atoms with Gasteiger partial charge in [0, 0.05) is 14.6 Å². The zero-order chi connectivity index (χ0) is 9.42. The third-order valence-electron chi connectivity index (χ3n) is 1.84. The first-order valence-electron chi connectivity index (χ1n) is 3.80. The molecule has 0 amide bonds. The maximum Gasteiger partial charge on any atom is 0.110 e. The highest BCUT2D eigenvalue weighted by molar-refractivity contribution is 9.10. The first-order chi connectivity index (χ1) is 6.20. The summed E-state index contributed by atoms with van der Waals surface area (Å²) in [6.07, 6.45) is 0. The largest absolute Gasteiger partial charge is 0.192 e. The van der Waals surface area contributed by atoms with Crippen LogP contribution in [-0.4, -0.2) is 0 Å². The van der Waals surface area contributed by atoms with Crippen LogP contribution in [0.2, 0.25) is 0 Å². The number of thiophene rings is 1. The van der Waals surface area contributed by atoms with Crippen molar-refractivity contribution < 1.29 is 0 Å². The molecule has 0 fully saturated rings. The molecule has 1 nitrogen and oxygen atoms in total. The number of hydrogen-bond donors (Lipinski definition) is 0. The Kier molecular flexibility index (Phi) is 2.10. The summed E-state index contributed by atoms with van der Waals surface area (Å²) < 4.78 is 2.24. The van der Waals surface area contributed by atoms with Crippen LogP contribution < -0.4 is 0 Å². The van der Waals surface area contributed by atoms with Crippen LogP contribution in [0.4, 0.5) is 0 Å². The van der Waals surface area contributed by atoms with Gasteiger partial charge in [-0.25, -0.2) is 0 Å². The van der Waals surface area contributed by atoms with Gasteiger partial charge in [0.1, 0.15) is 10.9 Å². The highest BCUT2D eigenvalue weighted by Crippen LogP contribution is 2.32. The SMILES string of the molecule is Cc1cc(Br)c2cc(C#N)sc2c1. The molecule has 0 atom stereocenters. The zero-order valence-electron chi connectivity index (χ0n) is 6.97. The Bertz CT molecular complexity index is 507. The van der Waals surface area contributed by atoms with E-state index >= 15 is 0 Å². The standard InChI is InChI=1S/C10H6BrNS/c1-6-2-9(11)8-4-7(5-12)13-10(8)3-6/h2-4H,1H3. The van der Waals surface area contributed by atoms with Crippen molar-refractivity contribution in [2.75, 3.05) is 0 Å². The van der Waals surface area contributed by atoms with Crippen molar-refractivity contribution >= 4 is 37.4 Å². The van der Waals surface area contributed by atoms with E-state index < -0.39 is 0 Å². The van der Waals surface area contributed by atoms with Gasteiger partial charge < -0.3 is 0 Å². The van der Waals surface area contributed by atoms with E-state index in [1.54, 1.807) is 0 Å². The van der Waals surface area contributed by atoms with E-state index in [0.29, 0.717) is 0 Å². The molecule has 0 N–H and O–H groups in total. The second-order valence-electron chi connectivity index (χ2n) is 2.88. The number of hydrogen-bond acceptors (Lipinski definition) is 2. The summed E-state index contributed by atoms with van der Waals surface area (Å²) in [5.41, 5.74) is 1.21. The van der Waals surface area contributed by atoms with Crippen molar-refractivity contribution in [3.05, 3.63) is 33.1 Å². The lowest BCUT2D eigenvalue weighted by Crippen LogP contribution is -1.71. The minimum Gasteiger partial charge on any atom is -0.192 e. The van der Waals surface area contributed by atoms with Crippen molar-refractivity contribution in [2.24, 2.45) is 0 Å². The van der Waals surface area contributed by atoms with Crippen molar-refractivity contribution in [3.8, 4) is 6.07 Å². The molecule has 64 valence electrons. The molecule has 0 saturated heterocycles. The van der Waals surface area contributed by atoms with E-state index in [1.165, 1.54) is 21.6 Å². The van der Waals surface area contributed by atoms with E-state index in [9.17, 15) is 0 Å². The molecule has 1 aromatic carbocycles.